The van der Waals surface area contributed by atoms with Gasteiger partial charge in [0.05, 0.1) is 21.1 Å². The smallest absolute Gasteiger partial charge is 0.224 e. The molecule has 1 fully saturated rings. The molecule has 0 N–H and O–H groups in total. The highest BCUT2D eigenvalue weighted by Crippen LogP contribution is 2.25. The summed E-state index contributed by atoms with van der Waals surface area (Å²) in [6, 6.07) is 13.5. The molecular formula is C23H24Cl2N4O2. The zero-order valence-corrected chi connectivity index (χ0v) is 18.9. The van der Waals surface area contributed by atoms with Crippen LogP contribution in [0.25, 0.3) is 11.0 Å². The topological polar surface area (TPSA) is 58.4 Å². The number of para-hydroxylation sites is 2. The number of nitrogens with zero attached hydrogens (tertiary/aromatic N) is 4. The van der Waals surface area contributed by atoms with Gasteiger partial charge in [-0.2, -0.15) is 0 Å². The predicted octanol–water partition coefficient (Wildman–Crippen LogP) is 4.01. The molecule has 6 nitrogen and oxygen atoms in total. The third-order valence-electron chi connectivity index (χ3n) is 5.71. The molecule has 162 valence electrons. The van der Waals surface area contributed by atoms with Crippen molar-refractivity contribution in [3.05, 3.63) is 63.9 Å². The standard InChI is InChI=1S/C23H24Cl2N4O2/c1-16(30)27-10-12-28(13-11-27)23(31)8-9-29-21-5-3-2-4-20(21)26-22(29)15-17-6-7-18(24)19(25)14-17/h2-7,14H,8-13,15H2,1H3. The first-order valence-corrected chi connectivity index (χ1v) is 11.1. The molecule has 3 aromatic rings. The van der Waals surface area contributed by atoms with Gasteiger partial charge in [0, 0.05) is 52.5 Å². The molecule has 2 amide bonds. The summed E-state index contributed by atoms with van der Waals surface area (Å²) in [6.07, 6.45) is 0.978. The predicted molar refractivity (Wildman–Crippen MR) is 122 cm³/mol. The molecular weight excluding hydrogens is 435 g/mol. The van der Waals surface area contributed by atoms with E-state index in [1.807, 2.05) is 41.3 Å². The van der Waals surface area contributed by atoms with E-state index in [0.717, 1.165) is 22.4 Å². The lowest BCUT2D eigenvalue weighted by molar-refractivity contribution is -0.138. The Morgan fingerprint density at radius 2 is 1.68 bits per heavy atom. The highest BCUT2D eigenvalue weighted by Gasteiger charge is 2.22. The Labute approximate surface area is 191 Å². The largest absolute Gasteiger partial charge is 0.339 e. The van der Waals surface area contributed by atoms with Crippen LogP contribution in [0.5, 0.6) is 0 Å². The van der Waals surface area contributed by atoms with Crippen molar-refractivity contribution in [1.29, 1.82) is 0 Å². The third kappa shape index (κ3) is 4.86. The molecule has 31 heavy (non-hydrogen) atoms. The average molecular weight is 459 g/mol. The Morgan fingerprint density at radius 1 is 0.968 bits per heavy atom. The number of hydrogen-bond acceptors (Lipinski definition) is 3. The van der Waals surface area contributed by atoms with Crippen LogP contribution in [0.4, 0.5) is 0 Å². The molecule has 8 heteroatoms. The number of fused-ring (bicyclic) bond motifs is 1. The van der Waals surface area contributed by atoms with Crippen LogP contribution in [0.2, 0.25) is 10.0 Å². The van der Waals surface area contributed by atoms with E-state index in [4.69, 9.17) is 28.2 Å². The number of carbonyl (C=O) groups excluding carboxylic acids is 2. The van der Waals surface area contributed by atoms with Crippen molar-refractivity contribution < 1.29 is 9.59 Å². The lowest BCUT2D eigenvalue weighted by Crippen LogP contribution is -2.50. The Hall–Kier alpha value is -2.57. The van der Waals surface area contributed by atoms with Crippen LogP contribution in [-0.4, -0.2) is 57.3 Å². The van der Waals surface area contributed by atoms with Gasteiger partial charge in [0.25, 0.3) is 0 Å². The molecule has 2 heterocycles. The third-order valence-corrected chi connectivity index (χ3v) is 6.45. The number of amides is 2. The highest BCUT2D eigenvalue weighted by molar-refractivity contribution is 6.42. The van der Waals surface area contributed by atoms with Crippen molar-refractivity contribution in [3.63, 3.8) is 0 Å². The van der Waals surface area contributed by atoms with Gasteiger partial charge in [-0.1, -0.05) is 41.4 Å². The fourth-order valence-electron chi connectivity index (χ4n) is 3.98. The summed E-state index contributed by atoms with van der Waals surface area (Å²) in [5.74, 6) is 1.04. The van der Waals surface area contributed by atoms with Gasteiger partial charge in [-0.25, -0.2) is 4.98 Å². The van der Waals surface area contributed by atoms with E-state index in [9.17, 15) is 9.59 Å². The second kappa shape index (κ2) is 9.28. The number of hydrogen-bond donors (Lipinski definition) is 0. The summed E-state index contributed by atoms with van der Waals surface area (Å²) < 4.78 is 2.11. The lowest BCUT2D eigenvalue weighted by Gasteiger charge is -2.34. The number of aromatic nitrogens is 2. The van der Waals surface area contributed by atoms with Crippen LogP contribution >= 0.6 is 23.2 Å². The number of aryl methyl sites for hydroxylation is 1. The Morgan fingerprint density at radius 3 is 2.39 bits per heavy atom. The number of rotatable bonds is 5. The number of carbonyl (C=O) groups is 2. The van der Waals surface area contributed by atoms with E-state index in [2.05, 4.69) is 4.57 Å². The molecule has 0 aliphatic carbocycles. The Kier molecular flexibility index (Phi) is 6.49. The van der Waals surface area contributed by atoms with Crippen LogP contribution < -0.4 is 0 Å². The number of halogens is 2. The summed E-state index contributed by atoms with van der Waals surface area (Å²) in [7, 11) is 0. The van der Waals surface area contributed by atoms with Crippen molar-refractivity contribution in [2.45, 2.75) is 26.3 Å². The first-order valence-electron chi connectivity index (χ1n) is 10.3. The molecule has 0 unspecified atom stereocenters. The van der Waals surface area contributed by atoms with E-state index in [1.54, 1.807) is 17.9 Å². The second-order valence-electron chi connectivity index (χ2n) is 7.73. The summed E-state index contributed by atoms with van der Waals surface area (Å²) >= 11 is 12.2. The first-order chi connectivity index (χ1) is 14.9. The van der Waals surface area contributed by atoms with E-state index in [0.29, 0.717) is 55.6 Å². The summed E-state index contributed by atoms with van der Waals surface area (Å²) in [5, 5.41) is 1.04. The minimum Gasteiger partial charge on any atom is -0.339 e. The minimum absolute atomic E-state index is 0.0592. The van der Waals surface area contributed by atoms with E-state index in [1.165, 1.54) is 0 Å². The number of benzene rings is 2. The van der Waals surface area contributed by atoms with Crippen LogP contribution in [0, 0.1) is 0 Å². The van der Waals surface area contributed by atoms with Crippen molar-refractivity contribution in [3.8, 4) is 0 Å². The van der Waals surface area contributed by atoms with Crippen LogP contribution in [-0.2, 0) is 22.6 Å². The van der Waals surface area contributed by atoms with Gasteiger partial charge in [-0.15, -0.1) is 0 Å². The molecule has 0 atom stereocenters. The van der Waals surface area contributed by atoms with Crippen LogP contribution in [0.3, 0.4) is 0 Å². The molecule has 2 aromatic carbocycles. The van der Waals surface area contributed by atoms with Gasteiger partial charge in [0.15, 0.2) is 0 Å². The minimum atomic E-state index is 0.0592. The molecule has 0 radical (unpaired) electrons. The molecule has 0 saturated carbocycles. The number of piperazine rings is 1. The normalized spacial score (nSPS) is 14.3. The average Bonchev–Trinajstić information content (AvgIpc) is 3.11. The van der Waals surface area contributed by atoms with Gasteiger partial charge in [-0.05, 0) is 29.8 Å². The van der Waals surface area contributed by atoms with Crippen molar-refractivity contribution in [2.24, 2.45) is 0 Å². The maximum absolute atomic E-state index is 12.8. The zero-order valence-electron chi connectivity index (χ0n) is 17.4. The van der Waals surface area contributed by atoms with Gasteiger partial charge in [0.2, 0.25) is 11.8 Å². The summed E-state index contributed by atoms with van der Waals surface area (Å²) in [6.45, 7) is 4.47. The first kappa shape index (κ1) is 21.7. The fourth-order valence-corrected chi connectivity index (χ4v) is 4.30. The Balaban J connectivity index is 1.50. The van der Waals surface area contributed by atoms with Gasteiger partial charge >= 0.3 is 0 Å². The molecule has 1 aromatic heterocycles. The quantitative estimate of drug-likeness (QED) is 0.579. The van der Waals surface area contributed by atoms with Crippen LogP contribution in [0.15, 0.2) is 42.5 Å². The second-order valence-corrected chi connectivity index (χ2v) is 8.54. The molecule has 1 aliphatic heterocycles. The lowest BCUT2D eigenvalue weighted by atomic mass is 10.1. The summed E-state index contributed by atoms with van der Waals surface area (Å²) in [4.78, 5) is 32.7. The van der Waals surface area contributed by atoms with Gasteiger partial charge in [0.1, 0.15) is 5.82 Å². The Bertz CT molecular complexity index is 1120. The monoisotopic (exact) mass is 458 g/mol. The molecule has 4 rings (SSSR count). The van der Waals surface area contributed by atoms with E-state index >= 15 is 0 Å². The van der Waals surface area contributed by atoms with Gasteiger partial charge < -0.3 is 14.4 Å². The van der Waals surface area contributed by atoms with Crippen molar-refractivity contribution >= 4 is 46.0 Å². The SMILES string of the molecule is CC(=O)N1CCN(C(=O)CCn2c(Cc3ccc(Cl)c(Cl)c3)nc3ccccc32)CC1. The number of imidazole rings is 1. The van der Waals surface area contributed by atoms with E-state index in [-0.39, 0.29) is 11.8 Å². The van der Waals surface area contributed by atoms with E-state index < -0.39 is 0 Å². The molecule has 0 spiro atoms. The van der Waals surface area contributed by atoms with Crippen molar-refractivity contribution in [1.82, 2.24) is 19.4 Å². The summed E-state index contributed by atoms with van der Waals surface area (Å²) in [5.41, 5.74) is 2.92. The van der Waals surface area contributed by atoms with Crippen molar-refractivity contribution in [2.75, 3.05) is 26.2 Å². The maximum atomic E-state index is 12.8. The maximum Gasteiger partial charge on any atom is 0.224 e. The highest BCUT2D eigenvalue weighted by atomic mass is 35.5. The fraction of sp³-hybridized carbons (Fsp3) is 0.348. The molecule has 0 bridgehead atoms. The van der Waals surface area contributed by atoms with Gasteiger partial charge in [-0.3, -0.25) is 9.59 Å². The van der Waals surface area contributed by atoms with Crippen LogP contribution in [0.1, 0.15) is 24.7 Å². The molecule has 1 saturated heterocycles. The molecule has 1 aliphatic rings. The zero-order chi connectivity index (χ0) is 22.0.